The summed E-state index contributed by atoms with van der Waals surface area (Å²) in [7, 11) is 1.83. The predicted molar refractivity (Wildman–Crippen MR) is 91.1 cm³/mol. The molecule has 0 saturated carbocycles. The largest absolute Gasteiger partial charge is 0.493 e. The summed E-state index contributed by atoms with van der Waals surface area (Å²) in [6.45, 7) is 9.39. The monoisotopic (exact) mass is 306 g/mol. The van der Waals surface area contributed by atoms with E-state index in [9.17, 15) is 4.79 Å². The van der Waals surface area contributed by atoms with Crippen LogP contribution >= 0.6 is 0 Å². The Kier molecular flexibility index (Phi) is 7.39. The number of hydrogen-bond acceptors (Lipinski definition) is 3. The van der Waals surface area contributed by atoms with Crippen molar-refractivity contribution < 1.29 is 9.53 Å². The van der Waals surface area contributed by atoms with Gasteiger partial charge in [0, 0.05) is 19.6 Å². The molecule has 0 spiro atoms. The fourth-order valence-corrected chi connectivity index (χ4v) is 2.12. The van der Waals surface area contributed by atoms with Gasteiger partial charge in [-0.3, -0.25) is 4.79 Å². The summed E-state index contributed by atoms with van der Waals surface area (Å²) in [5, 5.41) is 0. The van der Waals surface area contributed by atoms with Crippen LogP contribution in [-0.4, -0.2) is 37.0 Å². The van der Waals surface area contributed by atoms with Crippen molar-refractivity contribution >= 4 is 5.91 Å². The SMILES string of the molecule is Cc1cccc(OCCC(=O)N(C)CCC(N)C(C)C)c1C. The molecular formula is C18H30N2O2. The third-order valence-corrected chi connectivity index (χ3v) is 4.21. The van der Waals surface area contributed by atoms with E-state index in [1.54, 1.807) is 4.90 Å². The molecule has 0 bridgehead atoms. The van der Waals surface area contributed by atoms with E-state index in [-0.39, 0.29) is 11.9 Å². The molecule has 124 valence electrons. The number of benzene rings is 1. The first kappa shape index (κ1) is 18.5. The van der Waals surface area contributed by atoms with E-state index in [0.29, 0.717) is 25.5 Å². The highest BCUT2D eigenvalue weighted by molar-refractivity contribution is 5.75. The van der Waals surface area contributed by atoms with Gasteiger partial charge in [-0.05, 0) is 43.4 Å². The predicted octanol–water partition coefficient (Wildman–Crippen LogP) is 2.90. The molecule has 0 aliphatic carbocycles. The number of aryl methyl sites for hydroxylation is 1. The molecule has 1 unspecified atom stereocenters. The lowest BCUT2D eigenvalue weighted by atomic mass is 10.0. The summed E-state index contributed by atoms with van der Waals surface area (Å²) in [5.41, 5.74) is 8.34. The standard InChI is InChI=1S/C18H30N2O2/c1-13(2)16(19)9-11-20(5)18(21)10-12-22-17-8-6-7-14(3)15(17)4/h6-8,13,16H,9-12,19H2,1-5H3. The molecule has 4 nitrogen and oxygen atoms in total. The van der Waals surface area contributed by atoms with Crippen LogP contribution in [0.25, 0.3) is 0 Å². The topological polar surface area (TPSA) is 55.6 Å². The van der Waals surface area contributed by atoms with E-state index in [1.807, 2.05) is 26.1 Å². The van der Waals surface area contributed by atoms with Crippen molar-refractivity contribution in [3.63, 3.8) is 0 Å². The minimum atomic E-state index is 0.0984. The molecule has 0 aliphatic rings. The van der Waals surface area contributed by atoms with Crippen LogP contribution in [0.15, 0.2) is 18.2 Å². The summed E-state index contributed by atoms with van der Waals surface area (Å²) >= 11 is 0. The van der Waals surface area contributed by atoms with Gasteiger partial charge in [-0.15, -0.1) is 0 Å². The zero-order chi connectivity index (χ0) is 16.7. The van der Waals surface area contributed by atoms with Crippen molar-refractivity contribution in [2.24, 2.45) is 11.7 Å². The first-order chi connectivity index (χ1) is 10.3. The van der Waals surface area contributed by atoms with Crippen LogP contribution in [0.3, 0.4) is 0 Å². The zero-order valence-electron chi connectivity index (χ0n) is 14.6. The van der Waals surface area contributed by atoms with E-state index in [2.05, 4.69) is 26.8 Å². The van der Waals surface area contributed by atoms with Crippen molar-refractivity contribution in [3.05, 3.63) is 29.3 Å². The van der Waals surface area contributed by atoms with E-state index in [4.69, 9.17) is 10.5 Å². The Labute approximate surface area is 134 Å². The van der Waals surface area contributed by atoms with Gasteiger partial charge in [-0.25, -0.2) is 0 Å². The fraction of sp³-hybridized carbons (Fsp3) is 0.611. The maximum atomic E-state index is 12.1. The van der Waals surface area contributed by atoms with Crippen molar-refractivity contribution in [1.82, 2.24) is 4.90 Å². The number of ether oxygens (including phenoxy) is 1. The summed E-state index contributed by atoms with van der Waals surface area (Å²) < 4.78 is 5.73. The van der Waals surface area contributed by atoms with Crippen molar-refractivity contribution in [1.29, 1.82) is 0 Å². The lowest BCUT2D eigenvalue weighted by Crippen LogP contribution is -2.35. The van der Waals surface area contributed by atoms with Gasteiger partial charge < -0.3 is 15.4 Å². The van der Waals surface area contributed by atoms with Crippen LogP contribution in [0.4, 0.5) is 0 Å². The summed E-state index contributed by atoms with van der Waals surface area (Å²) in [4.78, 5) is 13.8. The summed E-state index contributed by atoms with van der Waals surface area (Å²) in [6.07, 6.45) is 1.22. The first-order valence-corrected chi connectivity index (χ1v) is 8.01. The van der Waals surface area contributed by atoms with Gasteiger partial charge in [0.1, 0.15) is 5.75 Å². The maximum absolute atomic E-state index is 12.1. The van der Waals surface area contributed by atoms with Crippen LogP contribution < -0.4 is 10.5 Å². The highest BCUT2D eigenvalue weighted by Crippen LogP contribution is 2.20. The Hall–Kier alpha value is -1.55. The number of amides is 1. The van der Waals surface area contributed by atoms with Gasteiger partial charge in [0.2, 0.25) is 5.91 Å². The van der Waals surface area contributed by atoms with Crippen molar-refractivity contribution in [2.75, 3.05) is 20.2 Å². The molecular weight excluding hydrogens is 276 g/mol. The van der Waals surface area contributed by atoms with E-state index >= 15 is 0 Å². The lowest BCUT2D eigenvalue weighted by Gasteiger charge is -2.21. The number of nitrogens with zero attached hydrogens (tertiary/aromatic N) is 1. The van der Waals surface area contributed by atoms with Gasteiger partial charge in [-0.1, -0.05) is 26.0 Å². The first-order valence-electron chi connectivity index (χ1n) is 8.01. The van der Waals surface area contributed by atoms with Crippen molar-refractivity contribution in [2.45, 2.75) is 46.6 Å². The average molecular weight is 306 g/mol. The van der Waals surface area contributed by atoms with Gasteiger partial charge in [0.25, 0.3) is 0 Å². The number of carbonyl (C=O) groups is 1. The average Bonchev–Trinajstić information content (AvgIpc) is 2.48. The van der Waals surface area contributed by atoms with Crippen LogP contribution in [0.1, 0.15) is 37.8 Å². The van der Waals surface area contributed by atoms with Gasteiger partial charge >= 0.3 is 0 Å². The van der Waals surface area contributed by atoms with Crippen molar-refractivity contribution in [3.8, 4) is 5.75 Å². The molecule has 1 atom stereocenters. The second-order valence-corrected chi connectivity index (χ2v) is 6.31. The molecule has 0 heterocycles. The van der Waals surface area contributed by atoms with E-state index in [1.165, 1.54) is 5.56 Å². The molecule has 1 aromatic carbocycles. The van der Waals surface area contributed by atoms with Crippen LogP contribution in [0.2, 0.25) is 0 Å². The summed E-state index contributed by atoms with van der Waals surface area (Å²) in [5.74, 6) is 1.40. The molecule has 0 radical (unpaired) electrons. The van der Waals surface area contributed by atoms with Gasteiger partial charge in [-0.2, -0.15) is 0 Å². The summed E-state index contributed by atoms with van der Waals surface area (Å²) in [6, 6.07) is 6.11. The van der Waals surface area contributed by atoms with Crippen LogP contribution in [0, 0.1) is 19.8 Å². The molecule has 1 rings (SSSR count). The Balaban J connectivity index is 2.35. The number of rotatable bonds is 8. The Bertz CT molecular complexity index is 486. The molecule has 0 fully saturated rings. The third-order valence-electron chi connectivity index (χ3n) is 4.21. The molecule has 0 aliphatic heterocycles. The van der Waals surface area contributed by atoms with E-state index < -0.39 is 0 Å². The smallest absolute Gasteiger partial charge is 0.225 e. The highest BCUT2D eigenvalue weighted by atomic mass is 16.5. The molecule has 4 heteroatoms. The van der Waals surface area contributed by atoms with Crippen LogP contribution in [0.5, 0.6) is 5.75 Å². The molecule has 1 aromatic rings. The maximum Gasteiger partial charge on any atom is 0.225 e. The van der Waals surface area contributed by atoms with E-state index in [0.717, 1.165) is 17.7 Å². The quantitative estimate of drug-likeness (QED) is 0.803. The molecule has 22 heavy (non-hydrogen) atoms. The second-order valence-electron chi connectivity index (χ2n) is 6.31. The fourth-order valence-electron chi connectivity index (χ4n) is 2.12. The molecule has 2 N–H and O–H groups in total. The molecule has 0 saturated heterocycles. The zero-order valence-corrected chi connectivity index (χ0v) is 14.6. The normalized spacial score (nSPS) is 12.3. The highest BCUT2D eigenvalue weighted by Gasteiger charge is 2.13. The minimum absolute atomic E-state index is 0.0984. The third kappa shape index (κ3) is 5.68. The Morgan fingerprint density at radius 1 is 1.32 bits per heavy atom. The Morgan fingerprint density at radius 3 is 2.64 bits per heavy atom. The van der Waals surface area contributed by atoms with Crippen LogP contribution in [-0.2, 0) is 4.79 Å². The number of carbonyl (C=O) groups excluding carboxylic acids is 1. The second kappa shape index (κ2) is 8.79. The van der Waals surface area contributed by atoms with Gasteiger partial charge in [0.15, 0.2) is 0 Å². The Morgan fingerprint density at radius 2 is 2.00 bits per heavy atom. The number of nitrogens with two attached hydrogens (primary N) is 1. The number of hydrogen-bond donors (Lipinski definition) is 1. The van der Waals surface area contributed by atoms with Gasteiger partial charge in [0.05, 0.1) is 13.0 Å². The minimum Gasteiger partial charge on any atom is -0.493 e. The molecule has 0 aromatic heterocycles. The molecule has 1 amide bonds. The lowest BCUT2D eigenvalue weighted by molar-refractivity contribution is -0.130.